The van der Waals surface area contributed by atoms with Gasteiger partial charge in [-0.25, -0.2) is 0 Å². The fraction of sp³-hybridized carbons (Fsp3) is 1.00. The highest BCUT2D eigenvalue weighted by molar-refractivity contribution is 5.01. The van der Waals surface area contributed by atoms with Gasteiger partial charge in [0.05, 0.1) is 18.8 Å². The van der Waals surface area contributed by atoms with Crippen LogP contribution < -0.4 is 22.9 Å². The Hall–Kier alpha value is -0.560. The van der Waals surface area contributed by atoms with E-state index in [2.05, 4.69) is 0 Å². The first kappa shape index (κ1) is 25.1. The van der Waals surface area contributed by atoms with Gasteiger partial charge in [0.15, 0.2) is 12.6 Å². The summed E-state index contributed by atoms with van der Waals surface area (Å²) in [6, 6.07) is -2.72. The van der Waals surface area contributed by atoms with Crippen LogP contribution in [0.15, 0.2) is 0 Å². The van der Waals surface area contributed by atoms with Crippen molar-refractivity contribution < 1.29 is 49.6 Å². The van der Waals surface area contributed by atoms with Gasteiger partial charge < -0.3 is 72.5 Å². The molecule has 2 saturated heterocycles. The Kier molecular flexibility index (Phi) is 8.21. The Labute approximate surface area is 178 Å². The minimum Gasteiger partial charge on any atom is -0.394 e. The van der Waals surface area contributed by atoms with Gasteiger partial charge in [-0.1, -0.05) is 0 Å². The summed E-state index contributed by atoms with van der Waals surface area (Å²) in [5, 5.41) is 60.2. The van der Waals surface area contributed by atoms with Crippen molar-refractivity contribution in [1.82, 2.24) is 0 Å². The minimum atomic E-state index is -1.51. The highest BCUT2D eigenvalue weighted by Crippen LogP contribution is 2.31. The molecule has 1 saturated carbocycles. The van der Waals surface area contributed by atoms with Crippen LogP contribution in [0.4, 0.5) is 0 Å². The average Bonchev–Trinajstić information content (AvgIpc) is 3.02. The molecule has 3 aliphatic rings. The van der Waals surface area contributed by atoms with Crippen molar-refractivity contribution in [3.05, 3.63) is 0 Å². The molecule has 2 heterocycles. The van der Waals surface area contributed by atoms with Gasteiger partial charge in [0.2, 0.25) is 0 Å². The van der Waals surface area contributed by atoms with Gasteiger partial charge in [-0.2, -0.15) is 0 Å². The fourth-order valence-corrected chi connectivity index (χ4v) is 4.16. The van der Waals surface area contributed by atoms with E-state index in [0.29, 0.717) is 0 Å². The van der Waals surface area contributed by atoms with Crippen molar-refractivity contribution >= 4 is 0 Å². The smallest absolute Gasteiger partial charge is 0.187 e. The maximum atomic E-state index is 10.6. The Morgan fingerprint density at radius 3 is 1.87 bits per heavy atom. The zero-order valence-electron chi connectivity index (χ0n) is 16.8. The van der Waals surface area contributed by atoms with E-state index in [9.17, 15) is 30.6 Å². The van der Waals surface area contributed by atoms with E-state index in [0.717, 1.165) is 0 Å². The molecule has 0 aromatic carbocycles. The molecule has 31 heavy (non-hydrogen) atoms. The standard InChI is InChI=1S/C17H34N4O10/c18-2-6-10(24)12(26)8(21)16(28-6)30-14-5(20)1-4(19)9(23)15(14)31-17-13(27)11(25)7(3-22)29-17/h4-17,22-27H,1-3,18-21H2/t4-,5+,6-,7-,8+,9+,10+,11+,12-,13+,14+,15-,16+,17+/m0/s1. The third kappa shape index (κ3) is 4.87. The number of hydrogen-bond acceptors (Lipinski definition) is 14. The fourth-order valence-electron chi connectivity index (χ4n) is 4.16. The molecule has 182 valence electrons. The molecule has 0 radical (unpaired) electrons. The van der Waals surface area contributed by atoms with Gasteiger partial charge in [-0.15, -0.1) is 0 Å². The Morgan fingerprint density at radius 2 is 1.29 bits per heavy atom. The van der Waals surface area contributed by atoms with Crippen LogP contribution in [-0.4, -0.2) is 129 Å². The first-order valence-corrected chi connectivity index (χ1v) is 10.2. The van der Waals surface area contributed by atoms with Crippen molar-refractivity contribution in [2.75, 3.05) is 13.2 Å². The maximum Gasteiger partial charge on any atom is 0.187 e. The monoisotopic (exact) mass is 454 g/mol. The van der Waals surface area contributed by atoms with Crippen LogP contribution in [-0.2, 0) is 18.9 Å². The molecule has 3 rings (SSSR count). The molecule has 2 aliphatic heterocycles. The molecule has 0 amide bonds. The van der Waals surface area contributed by atoms with E-state index in [-0.39, 0.29) is 13.0 Å². The van der Waals surface area contributed by atoms with E-state index in [4.69, 9.17) is 41.9 Å². The molecule has 0 aromatic heterocycles. The zero-order valence-corrected chi connectivity index (χ0v) is 16.8. The first-order chi connectivity index (χ1) is 14.6. The van der Waals surface area contributed by atoms with Gasteiger partial charge in [-0.3, -0.25) is 0 Å². The van der Waals surface area contributed by atoms with Crippen LogP contribution in [0.3, 0.4) is 0 Å². The van der Waals surface area contributed by atoms with Crippen molar-refractivity contribution in [2.24, 2.45) is 22.9 Å². The lowest BCUT2D eigenvalue weighted by molar-refractivity contribution is -0.306. The second-order valence-corrected chi connectivity index (χ2v) is 8.30. The Morgan fingerprint density at radius 1 is 0.710 bits per heavy atom. The number of aliphatic hydroxyl groups is 6. The topological polar surface area (TPSA) is 262 Å². The highest BCUT2D eigenvalue weighted by Gasteiger charge is 2.52. The molecule has 14 heteroatoms. The van der Waals surface area contributed by atoms with E-state index in [1.54, 1.807) is 0 Å². The Balaban J connectivity index is 1.78. The molecule has 0 bridgehead atoms. The first-order valence-electron chi connectivity index (χ1n) is 10.2. The molecule has 14 atom stereocenters. The molecular weight excluding hydrogens is 420 g/mol. The van der Waals surface area contributed by atoms with E-state index >= 15 is 0 Å². The summed E-state index contributed by atoms with van der Waals surface area (Å²) in [5.74, 6) is 0. The van der Waals surface area contributed by atoms with Crippen LogP contribution in [0, 0.1) is 0 Å². The van der Waals surface area contributed by atoms with Crippen molar-refractivity contribution in [3.8, 4) is 0 Å². The molecule has 14 N–H and O–H groups in total. The number of hydrogen-bond donors (Lipinski definition) is 10. The SMILES string of the molecule is NC[C@@H]1O[C@H](O[C@H]2[C@@H](O[C@H]3O[C@@H](CO)[C@@H](O)[C@H]3O)[C@H](O)[C@@H](N)C[C@H]2N)[C@H](N)[C@H](O)[C@@H]1O. The molecule has 14 nitrogen and oxygen atoms in total. The van der Waals surface area contributed by atoms with Gasteiger partial charge in [0, 0.05) is 18.6 Å². The average molecular weight is 454 g/mol. The number of rotatable bonds is 6. The second kappa shape index (κ2) is 10.1. The predicted molar refractivity (Wildman–Crippen MR) is 102 cm³/mol. The molecule has 0 spiro atoms. The summed E-state index contributed by atoms with van der Waals surface area (Å²) in [7, 11) is 0. The number of ether oxygens (including phenoxy) is 4. The van der Waals surface area contributed by atoms with Gasteiger partial charge in [-0.05, 0) is 6.42 Å². The summed E-state index contributed by atoms with van der Waals surface area (Å²) < 4.78 is 22.5. The van der Waals surface area contributed by atoms with Crippen molar-refractivity contribution in [2.45, 2.75) is 92.1 Å². The van der Waals surface area contributed by atoms with Crippen LogP contribution in [0.5, 0.6) is 0 Å². The minimum absolute atomic E-state index is 0.114. The van der Waals surface area contributed by atoms with Crippen LogP contribution in [0.1, 0.15) is 6.42 Å². The molecule has 3 fully saturated rings. The number of aliphatic hydroxyl groups excluding tert-OH is 6. The lowest BCUT2D eigenvalue weighted by Crippen LogP contribution is -2.68. The van der Waals surface area contributed by atoms with Gasteiger partial charge >= 0.3 is 0 Å². The van der Waals surface area contributed by atoms with Crippen molar-refractivity contribution in [3.63, 3.8) is 0 Å². The van der Waals surface area contributed by atoms with Gasteiger partial charge in [0.25, 0.3) is 0 Å². The third-order valence-electron chi connectivity index (χ3n) is 6.13. The zero-order chi connectivity index (χ0) is 23.0. The number of nitrogens with two attached hydrogens (primary N) is 4. The van der Waals surface area contributed by atoms with Crippen LogP contribution >= 0.6 is 0 Å². The van der Waals surface area contributed by atoms with E-state index in [1.165, 1.54) is 0 Å². The summed E-state index contributed by atoms with van der Waals surface area (Å²) in [6.07, 6.45) is -13.8. The summed E-state index contributed by atoms with van der Waals surface area (Å²) in [6.45, 7) is -0.673. The Bertz CT molecular complexity index is 591. The van der Waals surface area contributed by atoms with Crippen molar-refractivity contribution in [1.29, 1.82) is 0 Å². The predicted octanol–water partition coefficient (Wildman–Crippen LogP) is -6.65. The lowest BCUT2D eigenvalue weighted by Gasteiger charge is -2.47. The molecule has 1 aliphatic carbocycles. The second-order valence-electron chi connectivity index (χ2n) is 8.30. The van der Waals surface area contributed by atoms with Gasteiger partial charge in [0.1, 0.15) is 48.8 Å². The quantitative estimate of drug-likeness (QED) is 0.179. The molecular formula is C17H34N4O10. The largest absolute Gasteiger partial charge is 0.394 e. The van der Waals surface area contributed by atoms with Crippen LogP contribution in [0.25, 0.3) is 0 Å². The summed E-state index contributed by atoms with van der Waals surface area (Å²) in [4.78, 5) is 0. The highest BCUT2D eigenvalue weighted by atomic mass is 16.7. The van der Waals surface area contributed by atoms with E-state index in [1.807, 2.05) is 0 Å². The molecule has 0 aromatic rings. The van der Waals surface area contributed by atoms with Crippen LogP contribution in [0.2, 0.25) is 0 Å². The normalized spacial score (nSPS) is 53.6. The molecule has 0 unspecified atom stereocenters. The van der Waals surface area contributed by atoms with E-state index < -0.39 is 92.2 Å². The third-order valence-corrected chi connectivity index (χ3v) is 6.13. The summed E-state index contributed by atoms with van der Waals surface area (Å²) >= 11 is 0. The lowest BCUT2D eigenvalue weighted by atomic mass is 9.84. The summed E-state index contributed by atoms with van der Waals surface area (Å²) in [5.41, 5.74) is 23.6. The maximum absolute atomic E-state index is 10.6.